The van der Waals surface area contributed by atoms with Crippen LogP contribution in [-0.2, 0) is 6.42 Å². The van der Waals surface area contributed by atoms with Crippen LogP contribution in [0.3, 0.4) is 0 Å². The van der Waals surface area contributed by atoms with Gasteiger partial charge in [0.15, 0.2) is 5.96 Å². The Kier molecular flexibility index (Phi) is 7.53. The number of rotatable bonds is 7. The van der Waals surface area contributed by atoms with Gasteiger partial charge in [0.25, 0.3) is 0 Å². The lowest BCUT2D eigenvalue weighted by Crippen LogP contribution is -2.47. The first-order valence-corrected chi connectivity index (χ1v) is 11.0. The number of nitriles is 1. The first-order chi connectivity index (χ1) is 14.9. The molecule has 0 bridgehead atoms. The van der Waals surface area contributed by atoms with Crippen LogP contribution < -0.4 is 16.4 Å². The molecule has 2 heterocycles. The van der Waals surface area contributed by atoms with Gasteiger partial charge in [-0.1, -0.05) is 25.1 Å². The third-order valence-corrected chi connectivity index (χ3v) is 5.91. The van der Waals surface area contributed by atoms with E-state index in [-0.39, 0.29) is 0 Å². The number of hydrogen-bond acceptors (Lipinski definition) is 5. The third kappa shape index (κ3) is 5.36. The number of nitrogens with one attached hydrogen (secondary N) is 2. The van der Waals surface area contributed by atoms with Gasteiger partial charge in [-0.2, -0.15) is 10.4 Å². The van der Waals surface area contributed by atoms with Gasteiger partial charge in [-0.05, 0) is 44.7 Å². The average molecular weight is 423 g/mol. The Morgan fingerprint density at radius 3 is 2.68 bits per heavy atom. The maximum absolute atomic E-state index is 9.55. The highest BCUT2D eigenvalue weighted by Gasteiger charge is 2.31. The van der Waals surface area contributed by atoms with E-state index in [1.165, 1.54) is 0 Å². The molecule has 31 heavy (non-hydrogen) atoms. The normalized spacial score (nSPS) is 19.5. The van der Waals surface area contributed by atoms with Crippen molar-refractivity contribution in [3.05, 3.63) is 41.6 Å². The molecule has 166 valence electrons. The van der Waals surface area contributed by atoms with E-state index in [9.17, 15) is 5.26 Å². The molecule has 0 radical (unpaired) electrons. The minimum Gasteiger partial charge on any atom is -0.382 e. The minimum absolute atomic E-state index is 0.388. The van der Waals surface area contributed by atoms with Crippen LogP contribution >= 0.6 is 0 Å². The van der Waals surface area contributed by atoms with Crippen molar-refractivity contribution in [2.24, 2.45) is 10.9 Å². The van der Waals surface area contributed by atoms with Gasteiger partial charge in [0.1, 0.15) is 17.5 Å². The van der Waals surface area contributed by atoms with Crippen LogP contribution in [0, 0.1) is 17.2 Å². The van der Waals surface area contributed by atoms with Gasteiger partial charge < -0.3 is 16.4 Å². The predicted molar refractivity (Wildman–Crippen MR) is 125 cm³/mol. The van der Waals surface area contributed by atoms with E-state index < -0.39 is 0 Å². The maximum Gasteiger partial charge on any atom is 0.191 e. The number of benzene rings is 1. The molecule has 2 atom stereocenters. The topological polar surface area (TPSA) is 107 Å². The molecule has 3 rings (SSSR count). The van der Waals surface area contributed by atoms with Gasteiger partial charge in [0, 0.05) is 38.8 Å². The van der Waals surface area contributed by atoms with Crippen molar-refractivity contribution in [3.8, 4) is 11.8 Å². The smallest absolute Gasteiger partial charge is 0.191 e. The van der Waals surface area contributed by atoms with Crippen molar-refractivity contribution in [1.29, 1.82) is 5.26 Å². The summed E-state index contributed by atoms with van der Waals surface area (Å²) in [4.78, 5) is 6.87. The number of aliphatic imine (C=N–C) groups is 1. The molecule has 1 aliphatic rings. The van der Waals surface area contributed by atoms with Crippen LogP contribution in [0.25, 0.3) is 5.69 Å². The van der Waals surface area contributed by atoms with E-state index in [0.717, 1.165) is 43.4 Å². The predicted octanol–water partition coefficient (Wildman–Crippen LogP) is 2.15. The van der Waals surface area contributed by atoms with Gasteiger partial charge >= 0.3 is 0 Å². The number of likely N-dealkylation sites (tertiary alicyclic amines) is 1. The van der Waals surface area contributed by atoms with Crippen molar-refractivity contribution in [3.63, 3.8) is 0 Å². The van der Waals surface area contributed by atoms with E-state index in [1.54, 1.807) is 11.7 Å². The molecule has 1 aromatic carbocycles. The second-order valence-corrected chi connectivity index (χ2v) is 8.44. The van der Waals surface area contributed by atoms with E-state index in [2.05, 4.69) is 52.5 Å². The van der Waals surface area contributed by atoms with Crippen LogP contribution in [0.15, 0.2) is 35.3 Å². The highest BCUT2D eigenvalue weighted by atomic mass is 15.3. The fourth-order valence-corrected chi connectivity index (χ4v) is 3.99. The van der Waals surface area contributed by atoms with Gasteiger partial charge in [-0.25, -0.2) is 4.68 Å². The molecule has 0 saturated carbocycles. The zero-order chi connectivity index (χ0) is 22.4. The molecule has 4 N–H and O–H groups in total. The molecule has 1 fully saturated rings. The highest BCUT2D eigenvalue weighted by Crippen LogP contribution is 2.21. The number of nitrogen functional groups attached to an aromatic ring is 1. The molecule has 1 aliphatic heterocycles. The molecule has 2 aromatic rings. The van der Waals surface area contributed by atoms with Gasteiger partial charge in [-0.3, -0.25) is 9.89 Å². The fourth-order valence-electron chi connectivity index (χ4n) is 3.99. The number of nitrogens with zero attached hydrogens (tertiary/aromatic N) is 5. The van der Waals surface area contributed by atoms with Crippen molar-refractivity contribution >= 4 is 11.8 Å². The second-order valence-electron chi connectivity index (χ2n) is 8.44. The first kappa shape index (κ1) is 22.6. The summed E-state index contributed by atoms with van der Waals surface area (Å²) in [7, 11) is 1.80. The molecular weight excluding hydrogens is 388 g/mol. The molecule has 1 aromatic heterocycles. The summed E-state index contributed by atoms with van der Waals surface area (Å²) < 4.78 is 1.64. The number of aryl methyl sites for hydroxylation is 1. The molecule has 2 unspecified atom stereocenters. The van der Waals surface area contributed by atoms with Crippen LogP contribution in [0.2, 0.25) is 0 Å². The summed E-state index contributed by atoms with van der Waals surface area (Å²) in [6.45, 7) is 9.63. The summed E-state index contributed by atoms with van der Waals surface area (Å²) in [6, 6.07) is 12.8. The summed E-state index contributed by atoms with van der Waals surface area (Å²) in [6.07, 6.45) is 1.48. The van der Waals surface area contributed by atoms with Gasteiger partial charge in [-0.15, -0.1) is 0 Å². The fraction of sp³-hybridized carbons (Fsp3) is 0.522. The minimum atomic E-state index is 0.388. The third-order valence-electron chi connectivity index (χ3n) is 5.91. The Balaban J connectivity index is 1.54. The van der Waals surface area contributed by atoms with Crippen LogP contribution in [0.4, 0.5) is 5.82 Å². The van der Waals surface area contributed by atoms with Gasteiger partial charge in [0.2, 0.25) is 0 Å². The van der Waals surface area contributed by atoms with E-state index in [4.69, 9.17) is 5.73 Å². The van der Waals surface area contributed by atoms with Crippen molar-refractivity contribution in [2.45, 2.75) is 45.7 Å². The lowest BCUT2D eigenvalue weighted by Gasteiger charge is -2.21. The molecule has 0 amide bonds. The zero-order valence-corrected chi connectivity index (χ0v) is 19.0. The van der Waals surface area contributed by atoms with Crippen LogP contribution in [0.5, 0.6) is 0 Å². The van der Waals surface area contributed by atoms with Gasteiger partial charge in [0.05, 0.1) is 11.4 Å². The standard InChI is InChI=1S/C23H34N8/c1-16(2)30-14-17(3)21(15-30)28-23(26-4)27-12-8-11-20-19(13-24)22(25)31(29-20)18-9-6-5-7-10-18/h5-7,9-10,16-17,21H,8,11-12,14-15,25H2,1-4H3,(H2,26,27,28). The summed E-state index contributed by atoms with van der Waals surface area (Å²) in [5.74, 6) is 1.78. The monoisotopic (exact) mass is 422 g/mol. The Morgan fingerprint density at radius 2 is 2.06 bits per heavy atom. The van der Waals surface area contributed by atoms with Crippen molar-refractivity contribution < 1.29 is 0 Å². The molecule has 8 heteroatoms. The Labute approximate surface area is 185 Å². The molecule has 1 saturated heterocycles. The molecule has 0 aliphatic carbocycles. The summed E-state index contributed by atoms with van der Waals surface area (Å²) >= 11 is 0. The van der Waals surface area contributed by atoms with E-state index >= 15 is 0 Å². The highest BCUT2D eigenvalue weighted by molar-refractivity contribution is 5.80. The number of hydrogen-bond donors (Lipinski definition) is 3. The van der Waals surface area contributed by atoms with E-state index in [0.29, 0.717) is 35.8 Å². The number of anilines is 1. The second kappa shape index (κ2) is 10.3. The summed E-state index contributed by atoms with van der Waals surface area (Å²) in [5, 5.41) is 21.1. The van der Waals surface area contributed by atoms with Crippen LogP contribution in [-0.4, -0.2) is 59.4 Å². The lowest BCUT2D eigenvalue weighted by atomic mass is 10.1. The molecular formula is C23H34N8. The quantitative estimate of drug-likeness (QED) is 0.359. The van der Waals surface area contributed by atoms with Crippen LogP contribution in [0.1, 0.15) is 38.4 Å². The largest absolute Gasteiger partial charge is 0.382 e. The average Bonchev–Trinajstić information content (AvgIpc) is 3.30. The zero-order valence-electron chi connectivity index (χ0n) is 19.0. The molecule has 8 nitrogen and oxygen atoms in total. The van der Waals surface area contributed by atoms with Crippen molar-refractivity contribution in [1.82, 2.24) is 25.3 Å². The van der Waals surface area contributed by atoms with E-state index in [1.807, 2.05) is 30.3 Å². The Hall–Kier alpha value is -3.05. The van der Waals surface area contributed by atoms with Crippen molar-refractivity contribution in [2.75, 3.05) is 32.4 Å². The number of aromatic nitrogens is 2. The number of para-hydroxylation sites is 1. The maximum atomic E-state index is 9.55. The molecule has 0 spiro atoms. The summed E-state index contributed by atoms with van der Waals surface area (Å²) in [5.41, 5.74) is 8.23. The first-order valence-electron chi connectivity index (χ1n) is 11.0. The number of guanidine groups is 1. The number of nitrogens with two attached hydrogens (primary N) is 1. The SMILES string of the molecule is CN=C(NCCCc1nn(-c2ccccc2)c(N)c1C#N)NC1CN(C(C)C)CC1C. The lowest BCUT2D eigenvalue weighted by molar-refractivity contribution is 0.265. The Morgan fingerprint density at radius 1 is 1.32 bits per heavy atom. The Bertz CT molecular complexity index is 925.